The van der Waals surface area contributed by atoms with Crippen LogP contribution in [0.15, 0.2) is 30.6 Å². The smallest absolute Gasteiger partial charge is 0.243 e. The van der Waals surface area contributed by atoms with Gasteiger partial charge in [0.05, 0.1) is 27.0 Å². The zero-order chi connectivity index (χ0) is 26.7. The van der Waals surface area contributed by atoms with Crippen LogP contribution in [0.3, 0.4) is 0 Å². The lowest BCUT2D eigenvalue weighted by atomic mass is 10.2. The number of anilines is 1. The van der Waals surface area contributed by atoms with E-state index in [9.17, 15) is 8.42 Å². The second-order valence-electron chi connectivity index (χ2n) is 6.65. The molecule has 1 N–H and O–H groups in total. The Morgan fingerprint density at radius 1 is 1.21 bits per heavy atom. The molecule has 0 amide bonds. The van der Waals surface area contributed by atoms with Crippen molar-refractivity contribution in [3.05, 3.63) is 52.3 Å². The van der Waals surface area contributed by atoms with Crippen molar-refractivity contribution in [2.75, 3.05) is 26.0 Å². The SMILES string of the molecule is [2H]C([2H])([2H])OCc1nnc(NS(=O)(=O)C(C)C(OC)c2ncc(Cl)cn2)n1-c1cc(OC)ccc1Cl. The van der Waals surface area contributed by atoms with Gasteiger partial charge in [-0.1, -0.05) is 23.2 Å². The minimum atomic E-state index is -4.21. The first-order valence-electron chi connectivity index (χ1n) is 10.8. The molecule has 0 radical (unpaired) electrons. The van der Waals surface area contributed by atoms with Gasteiger partial charge in [0.15, 0.2) is 11.6 Å². The van der Waals surface area contributed by atoms with Crippen molar-refractivity contribution < 1.29 is 26.7 Å². The number of rotatable bonds is 10. The number of halogens is 2. The van der Waals surface area contributed by atoms with E-state index in [4.69, 9.17) is 41.5 Å². The maximum atomic E-state index is 13.3. The zero-order valence-corrected chi connectivity index (χ0v) is 20.0. The van der Waals surface area contributed by atoms with Crippen LogP contribution in [-0.4, -0.2) is 59.7 Å². The van der Waals surface area contributed by atoms with E-state index >= 15 is 0 Å². The second-order valence-corrected chi connectivity index (χ2v) is 9.53. The van der Waals surface area contributed by atoms with Gasteiger partial charge in [-0.2, -0.15) is 0 Å². The molecule has 0 spiro atoms. The number of sulfonamides is 1. The summed E-state index contributed by atoms with van der Waals surface area (Å²) in [6.45, 7) is 0.875. The first-order valence-corrected chi connectivity index (χ1v) is 11.6. The van der Waals surface area contributed by atoms with E-state index in [2.05, 4.69) is 24.9 Å². The van der Waals surface area contributed by atoms with Crippen LogP contribution in [0.4, 0.5) is 5.95 Å². The van der Waals surface area contributed by atoms with Gasteiger partial charge < -0.3 is 14.2 Å². The van der Waals surface area contributed by atoms with Gasteiger partial charge in [0, 0.05) is 32.6 Å². The standard InChI is InChI=1S/C19H22Cl2N6O5S/c1-11(17(32-4)18-22-8-12(20)9-23-18)33(28,29)26-19-25-24-16(10-30-2)27(19)15-7-13(31-3)5-6-14(15)21/h5-9,11,17H,10H2,1-4H3,(H,25,26)/i2D3. The summed E-state index contributed by atoms with van der Waals surface area (Å²) in [6, 6.07) is 4.62. The van der Waals surface area contributed by atoms with Crippen LogP contribution in [0.1, 0.15) is 28.8 Å². The number of methoxy groups -OCH3 is 3. The van der Waals surface area contributed by atoms with Crippen molar-refractivity contribution in [3.63, 3.8) is 0 Å². The maximum Gasteiger partial charge on any atom is 0.243 e. The summed E-state index contributed by atoms with van der Waals surface area (Å²) in [7, 11) is -4.18. The Kier molecular flexibility index (Phi) is 6.77. The average Bonchev–Trinajstić information content (AvgIpc) is 3.20. The van der Waals surface area contributed by atoms with Crippen molar-refractivity contribution in [1.29, 1.82) is 0 Å². The molecule has 0 bridgehead atoms. The fourth-order valence-electron chi connectivity index (χ4n) is 2.94. The number of hydrogen-bond donors (Lipinski definition) is 1. The fraction of sp³-hybridized carbons (Fsp3) is 0.368. The number of ether oxygens (including phenoxy) is 3. The quantitative estimate of drug-likeness (QED) is 0.429. The van der Waals surface area contributed by atoms with Crippen molar-refractivity contribution in [2.45, 2.75) is 24.9 Å². The van der Waals surface area contributed by atoms with Crippen LogP contribution in [0.5, 0.6) is 5.75 Å². The monoisotopic (exact) mass is 519 g/mol. The molecule has 0 saturated heterocycles. The zero-order valence-electron chi connectivity index (χ0n) is 20.7. The molecule has 2 aromatic heterocycles. The van der Waals surface area contributed by atoms with E-state index in [0.29, 0.717) is 5.75 Å². The first-order chi connectivity index (χ1) is 16.9. The molecule has 1 aromatic carbocycles. The van der Waals surface area contributed by atoms with Gasteiger partial charge in [-0.3, -0.25) is 9.29 Å². The lowest BCUT2D eigenvalue weighted by molar-refractivity contribution is 0.0950. The number of aromatic nitrogens is 5. The van der Waals surface area contributed by atoms with Gasteiger partial charge in [-0.25, -0.2) is 18.4 Å². The van der Waals surface area contributed by atoms with E-state index in [1.54, 1.807) is 6.07 Å². The van der Waals surface area contributed by atoms with Crippen LogP contribution in [0.25, 0.3) is 5.69 Å². The summed E-state index contributed by atoms with van der Waals surface area (Å²) in [5, 5.41) is 7.05. The number of nitrogens with one attached hydrogen (secondary N) is 1. The highest BCUT2D eigenvalue weighted by Crippen LogP contribution is 2.30. The summed E-state index contributed by atoms with van der Waals surface area (Å²) in [4.78, 5) is 8.09. The Morgan fingerprint density at radius 3 is 2.58 bits per heavy atom. The van der Waals surface area contributed by atoms with Gasteiger partial charge in [0.25, 0.3) is 0 Å². The lowest BCUT2D eigenvalue weighted by Gasteiger charge is -2.22. The molecule has 33 heavy (non-hydrogen) atoms. The largest absolute Gasteiger partial charge is 0.497 e. The van der Waals surface area contributed by atoms with Crippen LogP contribution < -0.4 is 9.46 Å². The summed E-state index contributed by atoms with van der Waals surface area (Å²) < 4.78 is 67.6. The Hall–Kier alpha value is -2.51. The third-order valence-electron chi connectivity index (χ3n) is 4.62. The third-order valence-corrected chi connectivity index (χ3v) is 6.83. The first kappa shape index (κ1) is 21.1. The highest BCUT2D eigenvalue weighted by molar-refractivity contribution is 7.93. The van der Waals surface area contributed by atoms with E-state index < -0.39 is 35.0 Å². The molecular weight excluding hydrogens is 495 g/mol. The molecule has 2 atom stereocenters. The van der Waals surface area contributed by atoms with Gasteiger partial charge in [-0.15, -0.1) is 10.2 Å². The summed E-state index contributed by atoms with van der Waals surface area (Å²) in [5.41, 5.74) is 0.222. The fourth-order valence-corrected chi connectivity index (χ4v) is 4.37. The van der Waals surface area contributed by atoms with Crippen molar-refractivity contribution in [3.8, 4) is 11.4 Å². The van der Waals surface area contributed by atoms with Gasteiger partial charge in [0.1, 0.15) is 23.7 Å². The van der Waals surface area contributed by atoms with Crippen molar-refractivity contribution in [1.82, 2.24) is 24.7 Å². The Morgan fingerprint density at radius 2 is 1.94 bits per heavy atom. The molecule has 2 unspecified atom stereocenters. The van der Waals surface area contributed by atoms with Crippen LogP contribution in [0, 0.1) is 0 Å². The molecule has 0 aliphatic heterocycles. The molecule has 3 rings (SSSR count). The molecule has 14 heteroatoms. The topological polar surface area (TPSA) is 130 Å². The predicted octanol–water partition coefficient (Wildman–Crippen LogP) is 3.04. The van der Waals surface area contributed by atoms with Gasteiger partial charge in [0.2, 0.25) is 16.0 Å². The average molecular weight is 520 g/mol. The Labute approximate surface area is 205 Å². The van der Waals surface area contributed by atoms with Gasteiger partial charge in [-0.05, 0) is 19.1 Å². The van der Waals surface area contributed by atoms with Crippen LogP contribution >= 0.6 is 23.2 Å². The normalized spacial score (nSPS) is 15.2. The lowest BCUT2D eigenvalue weighted by Crippen LogP contribution is -2.33. The highest BCUT2D eigenvalue weighted by atomic mass is 35.5. The number of nitrogens with zero attached hydrogens (tertiary/aromatic N) is 5. The summed E-state index contributed by atoms with van der Waals surface area (Å²) in [5.74, 6) is 0.195. The molecule has 0 aliphatic rings. The highest BCUT2D eigenvalue weighted by Gasteiger charge is 2.34. The van der Waals surface area contributed by atoms with E-state index in [-0.39, 0.29) is 33.3 Å². The van der Waals surface area contributed by atoms with Gasteiger partial charge >= 0.3 is 0 Å². The Bertz CT molecular complexity index is 1310. The minimum Gasteiger partial charge on any atom is -0.497 e. The van der Waals surface area contributed by atoms with Crippen LogP contribution in [0.2, 0.25) is 10.0 Å². The molecule has 0 fully saturated rings. The Balaban J connectivity index is 2.03. The molecular formula is C19H22Cl2N6O5S. The molecule has 178 valence electrons. The number of hydrogen-bond acceptors (Lipinski definition) is 9. The van der Waals surface area contributed by atoms with E-state index in [1.165, 1.54) is 50.2 Å². The molecule has 0 saturated carbocycles. The maximum absolute atomic E-state index is 13.3. The van der Waals surface area contributed by atoms with E-state index in [1.807, 2.05) is 0 Å². The van der Waals surface area contributed by atoms with Crippen LogP contribution in [-0.2, 0) is 26.1 Å². The van der Waals surface area contributed by atoms with E-state index in [0.717, 1.165) is 0 Å². The molecule has 3 aromatic rings. The number of benzene rings is 1. The molecule has 2 heterocycles. The van der Waals surface area contributed by atoms with Crippen molar-refractivity contribution >= 4 is 39.2 Å². The summed E-state index contributed by atoms with van der Waals surface area (Å²) in [6.07, 6.45) is 1.58. The third kappa shape index (κ3) is 5.53. The molecule has 11 nitrogen and oxygen atoms in total. The minimum absolute atomic E-state index is 0.0315. The predicted molar refractivity (Wildman–Crippen MR) is 122 cm³/mol. The second kappa shape index (κ2) is 10.6. The van der Waals surface area contributed by atoms with Crippen molar-refractivity contribution in [2.24, 2.45) is 0 Å². The summed E-state index contributed by atoms with van der Waals surface area (Å²) >= 11 is 12.2. The molecule has 0 aliphatic carbocycles.